The van der Waals surface area contributed by atoms with Crippen LogP contribution in [-0.4, -0.2) is 11.9 Å². The monoisotopic (exact) mass is 228 g/mol. The molecule has 0 heterocycles. The standard InChI is InChI=1S/C11H14F2N2O/c1-7(4-11(14)16)15-6-8-2-3-9(12)10(13)5-8/h2-3,5,7,15H,4,6H2,1H3,(H2,14,16). The molecule has 0 aliphatic rings. The number of nitrogens with two attached hydrogens (primary N) is 1. The summed E-state index contributed by atoms with van der Waals surface area (Å²) in [6.07, 6.45) is 0.212. The minimum Gasteiger partial charge on any atom is -0.370 e. The van der Waals surface area contributed by atoms with Gasteiger partial charge in [-0.1, -0.05) is 6.07 Å². The maximum absolute atomic E-state index is 12.8. The number of benzene rings is 1. The van der Waals surface area contributed by atoms with E-state index in [0.29, 0.717) is 12.1 Å². The molecule has 0 fully saturated rings. The van der Waals surface area contributed by atoms with Crippen LogP contribution >= 0.6 is 0 Å². The molecular formula is C11H14F2N2O. The number of hydrogen-bond donors (Lipinski definition) is 2. The van der Waals surface area contributed by atoms with Crippen molar-refractivity contribution in [2.75, 3.05) is 0 Å². The van der Waals surface area contributed by atoms with Gasteiger partial charge in [-0.25, -0.2) is 8.78 Å². The second kappa shape index (κ2) is 5.55. The maximum Gasteiger partial charge on any atom is 0.218 e. The van der Waals surface area contributed by atoms with Gasteiger partial charge < -0.3 is 11.1 Å². The van der Waals surface area contributed by atoms with Crippen LogP contribution in [0.15, 0.2) is 18.2 Å². The lowest BCUT2D eigenvalue weighted by molar-refractivity contribution is -0.118. The van der Waals surface area contributed by atoms with Crippen molar-refractivity contribution in [3.63, 3.8) is 0 Å². The summed E-state index contributed by atoms with van der Waals surface area (Å²) in [7, 11) is 0. The SMILES string of the molecule is CC(CC(N)=O)NCc1ccc(F)c(F)c1. The first-order chi connectivity index (χ1) is 7.49. The molecule has 1 rings (SSSR count). The number of halogens is 2. The van der Waals surface area contributed by atoms with E-state index in [4.69, 9.17) is 5.73 Å². The van der Waals surface area contributed by atoms with Crippen molar-refractivity contribution in [1.82, 2.24) is 5.32 Å². The first kappa shape index (κ1) is 12.6. The van der Waals surface area contributed by atoms with Crippen molar-refractivity contribution in [3.05, 3.63) is 35.4 Å². The quantitative estimate of drug-likeness (QED) is 0.798. The summed E-state index contributed by atoms with van der Waals surface area (Å²) < 4.78 is 25.4. The normalized spacial score (nSPS) is 12.4. The zero-order chi connectivity index (χ0) is 12.1. The summed E-state index contributed by atoms with van der Waals surface area (Å²) in [5, 5.41) is 2.99. The van der Waals surface area contributed by atoms with Crippen LogP contribution in [0.5, 0.6) is 0 Å². The van der Waals surface area contributed by atoms with E-state index in [9.17, 15) is 13.6 Å². The maximum atomic E-state index is 12.8. The van der Waals surface area contributed by atoms with Gasteiger partial charge in [-0.15, -0.1) is 0 Å². The number of carbonyl (C=O) groups excluding carboxylic acids is 1. The molecule has 0 aliphatic carbocycles. The van der Waals surface area contributed by atoms with Gasteiger partial charge in [0.15, 0.2) is 11.6 Å². The highest BCUT2D eigenvalue weighted by Gasteiger charge is 2.06. The van der Waals surface area contributed by atoms with Crippen molar-refractivity contribution in [1.29, 1.82) is 0 Å². The molecule has 0 bridgehead atoms. The third-order valence-electron chi connectivity index (χ3n) is 2.15. The molecule has 1 atom stereocenters. The molecule has 1 amide bonds. The molecule has 0 aliphatic heterocycles. The van der Waals surface area contributed by atoms with Crippen LogP contribution in [-0.2, 0) is 11.3 Å². The highest BCUT2D eigenvalue weighted by molar-refractivity contribution is 5.74. The first-order valence-electron chi connectivity index (χ1n) is 4.94. The number of nitrogens with one attached hydrogen (secondary N) is 1. The summed E-state index contributed by atoms with van der Waals surface area (Å²) in [6, 6.07) is 3.60. The zero-order valence-electron chi connectivity index (χ0n) is 8.97. The number of rotatable bonds is 5. The van der Waals surface area contributed by atoms with Gasteiger partial charge in [0.2, 0.25) is 5.91 Å². The highest BCUT2D eigenvalue weighted by Crippen LogP contribution is 2.08. The molecule has 0 aromatic heterocycles. The van der Waals surface area contributed by atoms with Gasteiger partial charge in [-0.05, 0) is 24.6 Å². The summed E-state index contributed by atoms with van der Waals surface area (Å²) in [5.41, 5.74) is 5.64. The summed E-state index contributed by atoms with van der Waals surface area (Å²) in [6.45, 7) is 2.16. The Balaban J connectivity index is 2.48. The Labute approximate surface area is 92.6 Å². The molecule has 0 spiro atoms. The molecule has 0 saturated carbocycles. The number of primary amides is 1. The molecular weight excluding hydrogens is 214 g/mol. The van der Waals surface area contributed by atoms with Crippen molar-refractivity contribution < 1.29 is 13.6 Å². The largest absolute Gasteiger partial charge is 0.370 e. The van der Waals surface area contributed by atoms with E-state index in [-0.39, 0.29) is 12.5 Å². The fourth-order valence-corrected chi connectivity index (χ4v) is 1.32. The average molecular weight is 228 g/mol. The molecule has 3 nitrogen and oxygen atoms in total. The van der Waals surface area contributed by atoms with Crippen LogP contribution in [0, 0.1) is 11.6 Å². The van der Waals surface area contributed by atoms with Crippen molar-refractivity contribution in [2.45, 2.75) is 25.9 Å². The molecule has 1 unspecified atom stereocenters. The van der Waals surface area contributed by atoms with Crippen molar-refractivity contribution in [2.24, 2.45) is 5.73 Å². The van der Waals surface area contributed by atoms with Gasteiger partial charge in [-0.2, -0.15) is 0 Å². The fourth-order valence-electron chi connectivity index (χ4n) is 1.32. The Bertz CT molecular complexity index is 382. The third kappa shape index (κ3) is 3.94. The van der Waals surface area contributed by atoms with E-state index in [1.807, 2.05) is 0 Å². The Kier molecular flexibility index (Phi) is 4.37. The van der Waals surface area contributed by atoms with Gasteiger partial charge in [0.05, 0.1) is 0 Å². The lowest BCUT2D eigenvalue weighted by Gasteiger charge is -2.11. The van der Waals surface area contributed by atoms with Gasteiger partial charge >= 0.3 is 0 Å². The topological polar surface area (TPSA) is 55.1 Å². The Morgan fingerprint density at radius 3 is 2.69 bits per heavy atom. The van der Waals surface area contributed by atoms with E-state index < -0.39 is 17.5 Å². The molecule has 16 heavy (non-hydrogen) atoms. The molecule has 88 valence electrons. The zero-order valence-corrected chi connectivity index (χ0v) is 8.97. The van der Waals surface area contributed by atoms with Gasteiger partial charge in [0.1, 0.15) is 0 Å². The van der Waals surface area contributed by atoms with Crippen LogP contribution in [0.1, 0.15) is 18.9 Å². The van der Waals surface area contributed by atoms with Crippen LogP contribution in [0.25, 0.3) is 0 Å². The Morgan fingerprint density at radius 2 is 2.12 bits per heavy atom. The fraction of sp³-hybridized carbons (Fsp3) is 0.364. The minimum atomic E-state index is -0.873. The smallest absolute Gasteiger partial charge is 0.218 e. The van der Waals surface area contributed by atoms with E-state index in [2.05, 4.69) is 5.32 Å². The molecule has 1 aromatic carbocycles. The summed E-state index contributed by atoms with van der Waals surface area (Å²) in [5.74, 6) is -2.14. The predicted molar refractivity (Wildman–Crippen MR) is 56.5 cm³/mol. The number of hydrogen-bond acceptors (Lipinski definition) is 2. The Morgan fingerprint density at radius 1 is 1.44 bits per heavy atom. The van der Waals surface area contributed by atoms with Crippen molar-refractivity contribution in [3.8, 4) is 0 Å². The minimum absolute atomic E-state index is 0.0920. The lowest BCUT2D eigenvalue weighted by atomic mass is 10.2. The second-order valence-electron chi connectivity index (χ2n) is 3.70. The van der Waals surface area contributed by atoms with E-state index in [1.54, 1.807) is 6.92 Å². The van der Waals surface area contributed by atoms with E-state index in [0.717, 1.165) is 12.1 Å². The molecule has 5 heteroatoms. The number of carbonyl (C=O) groups is 1. The van der Waals surface area contributed by atoms with Crippen molar-refractivity contribution >= 4 is 5.91 Å². The molecule has 1 aromatic rings. The summed E-state index contributed by atoms with van der Waals surface area (Å²) in [4.78, 5) is 10.6. The van der Waals surface area contributed by atoms with Crippen LogP contribution in [0.3, 0.4) is 0 Å². The molecule has 3 N–H and O–H groups in total. The van der Waals surface area contributed by atoms with Crippen LogP contribution in [0.2, 0.25) is 0 Å². The second-order valence-corrected chi connectivity index (χ2v) is 3.70. The van der Waals surface area contributed by atoms with Crippen LogP contribution < -0.4 is 11.1 Å². The predicted octanol–water partition coefficient (Wildman–Crippen LogP) is 1.32. The third-order valence-corrected chi connectivity index (χ3v) is 2.15. The average Bonchev–Trinajstić information content (AvgIpc) is 2.19. The summed E-state index contributed by atoms with van der Waals surface area (Å²) >= 11 is 0. The highest BCUT2D eigenvalue weighted by atomic mass is 19.2. The van der Waals surface area contributed by atoms with Gasteiger partial charge in [0, 0.05) is 19.0 Å². The van der Waals surface area contributed by atoms with E-state index in [1.165, 1.54) is 6.07 Å². The van der Waals surface area contributed by atoms with E-state index >= 15 is 0 Å². The lowest BCUT2D eigenvalue weighted by Crippen LogP contribution is -2.30. The Hall–Kier alpha value is -1.49. The molecule has 0 radical (unpaired) electrons. The number of amides is 1. The van der Waals surface area contributed by atoms with Gasteiger partial charge in [-0.3, -0.25) is 4.79 Å². The molecule has 0 saturated heterocycles. The first-order valence-corrected chi connectivity index (χ1v) is 4.94. The van der Waals surface area contributed by atoms with Gasteiger partial charge in [0.25, 0.3) is 0 Å². The van der Waals surface area contributed by atoms with Crippen LogP contribution in [0.4, 0.5) is 8.78 Å².